The molecular formula is C19H13F2N3OS. The molecule has 0 saturated carbocycles. The Morgan fingerprint density at radius 3 is 2.81 bits per heavy atom. The van der Waals surface area contributed by atoms with Crippen LogP contribution in [0.3, 0.4) is 0 Å². The highest BCUT2D eigenvalue weighted by molar-refractivity contribution is 7.13. The second-order valence-corrected chi connectivity index (χ2v) is 6.73. The van der Waals surface area contributed by atoms with Gasteiger partial charge in [-0.25, -0.2) is 13.8 Å². The van der Waals surface area contributed by atoms with Crippen LogP contribution < -0.4 is 5.32 Å². The van der Waals surface area contributed by atoms with Crippen LogP contribution in [0.4, 0.5) is 14.5 Å². The third-order valence-electron chi connectivity index (χ3n) is 3.97. The summed E-state index contributed by atoms with van der Waals surface area (Å²) in [5, 5.41) is 5.49. The smallest absolute Gasteiger partial charge is 0.275 e. The molecular weight excluding hydrogens is 356 g/mol. The lowest BCUT2D eigenvalue weighted by molar-refractivity contribution is 0.102. The number of carbonyl (C=O) groups excluding carboxylic acids is 1. The van der Waals surface area contributed by atoms with Crippen molar-refractivity contribution >= 4 is 33.8 Å². The van der Waals surface area contributed by atoms with Gasteiger partial charge in [0.25, 0.3) is 5.91 Å². The number of halogens is 2. The normalized spacial score (nSPS) is 11.0. The molecule has 1 amide bonds. The quantitative estimate of drug-likeness (QED) is 0.526. The number of anilines is 1. The number of benzene rings is 2. The molecule has 4 rings (SSSR count). The van der Waals surface area contributed by atoms with Crippen molar-refractivity contribution in [3.63, 3.8) is 0 Å². The lowest BCUT2D eigenvalue weighted by Gasteiger charge is -2.02. The topological polar surface area (TPSA) is 57.8 Å². The predicted molar refractivity (Wildman–Crippen MR) is 98.5 cm³/mol. The molecule has 0 fully saturated rings. The Balaban J connectivity index is 1.60. The summed E-state index contributed by atoms with van der Waals surface area (Å²) in [6, 6.07) is 9.96. The molecule has 130 valence electrons. The van der Waals surface area contributed by atoms with Crippen molar-refractivity contribution in [1.82, 2.24) is 9.97 Å². The first-order valence-corrected chi connectivity index (χ1v) is 8.69. The van der Waals surface area contributed by atoms with Crippen LogP contribution in [0.15, 0.2) is 48.0 Å². The number of H-pyrrole nitrogens is 1. The van der Waals surface area contributed by atoms with Gasteiger partial charge in [-0.3, -0.25) is 4.79 Å². The number of fused-ring (bicyclic) bond motifs is 1. The maximum absolute atomic E-state index is 13.5. The SMILES string of the molecule is Cc1cccc(-c2nc(C(=O)Nc3c[nH]c4cc(F)c(F)cc34)cs2)c1. The van der Waals surface area contributed by atoms with Crippen LogP contribution in [-0.2, 0) is 0 Å². The van der Waals surface area contributed by atoms with Crippen molar-refractivity contribution in [3.05, 3.63) is 70.9 Å². The van der Waals surface area contributed by atoms with E-state index in [0.717, 1.165) is 28.3 Å². The van der Waals surface area contributed by atoms with Gasteiger partial charge in [-0.2, -0.15) is 0 Å². The molecule has 0 aliphatic carbocycles. The fourth-order valence-corrected chi connectivity index (χ4v) is 3.49. The number of nitrogens with one attached hydrogen (secondary N) is 2. The van der Waals surface area contributed by atoms with Gasteiger partial charge in [-0.1, -0.05) is 23.8 Å². The third kappa shape index (κ3) is 2.97. The minimum Gasteiger partial charge on any atom is -0.359 e. The van der Waals surface area contributed by atoms with Crippen molar-refractivity contribution in [2.75, 3.05) is 5.32 Å². The predicted octanol–water partition coefficient (Wildman–Crippen LogP) is 5.13. The van der Waals surface area contributed by atoms with Gasteiger partial charge in [-0.05, 0) is 19.1 Å². The highest BCUT2D eigenvalue weighted by Gasteiger charge is 2.15. The number of hydrogen-bond donors (Lipinski definition) is 2. The summed E-state index contributed by atoms with van der Waals surface area (Å²) in [6.45, 7) is 1.99. The first-order valence-electron chi connectivity index (χ1n) is 7.81. The van der Waals surface area contributed by atoms with E-state index >= 15 is 0 Å². The summed E-state index contributed by atoms with van der Waals surface area (Å²) in [7, 11) is 0. The van der Waals surface area contributed by atoms with Gasteiger partial charge in [0.2, 0.25) is 0 Å². The Morgan fingerprint density at radius 2 is 2.00 bits per heavy atom. The highest BCUT2D eigenvalue weighted by atomic mass is 32.1. The molecule has 2 heterocycles. The summed E-state index contributed by atoms with van der Waals surface area (Å²) < 4.78 is 26.8. The number of carbonyl (C=O) groups is 1. The maximum atomic E-state index is 13.5. The zero-order valence-corrected chi connectivity index (χ0v) is 14.5. The molecule has 2 N–H and O–H groups in total. The van der Waals surface area contributed by atoms with E-state index in [1.807, 2.05) is 31.2 Å². The van der Waals surface area contributed by atoms with Crippen LogP contribution in [0.1, 0.15) is 16.1 Å². The number of amides is 1. The summed E-state index contributed by atoms with van der Waals surface area (Å²) in [4.78, 5) is 19.7. The van der Waals surface area contributed by atoms with E-state index in [0.29, 0.717) is 16.6 Å². The Kier molecular flexibility index (Phi) is 4.00. The standard InChI is InChI=1S/C19H13F2N3OS/c1-10-3-2-4-11(5-10)19-24-17(9-26-19)18(25)23-16-8-22-15-7-14(21)13(20)6-12(15)16/h2-9,22H,1H3,(H,23,25). The molecule has 0 unspecified atom stereocenters. The highest BCUT2D eigenvalue weighted by Crippen LogP contribution is 2.27. The molecule has 4 aromatic rings. The Bertz CT molecular complexity index is 1130. The number of nitrogens with zero attached hydrogens (tertiary/aromatic N) is 1. The van der Waals surface area contributed by atoms with Crippen LogP contribution in [-0.4, -0.2) is 15.9 Å². The minimum absolute atomic E-state index is 0.267. The summed E-state index contributed by atoms with van der Waals surface area (Å²) >= 11 is 1.37. The Hall–Kier alpha value is -3.06. The fourth-order valence-electron chi connectivity index (χ4n) is 2.70. The molecule has 2 aromatic heterocycles. The number of thiazole rings is 1. The number of aromatic amines is 1. The van der Waals surface area contributed by atoms with E-state index in [4.69, 9.17) is 0 Å². The molecule has 0 aliphatic heterocycles. The van der Waals surface area contributed by atoms with Crippen molar-refractivity contribution in [3.8, 4) is 10.6 Å². The first-order chi connectivity index (χ1) is 12.5. The van der Waals surface area contributed by atoms with Crippen LogP contribution >= 0.6 is 11.3 Å². The number of aryl methyl sites for hydroxylation is 1. The lowest BCUT2D eigenvalue weighted by atomic mass is 10.1. The summed E-state index contributed by atoms with van der Waals surface area (Å²) in [6.07, 6.45) is 1.50. The zero-order chi connectivity index (χ0) is 18.3. The van der Waals surface area contributed by atoms with Gasteiger partial charge in [0, 0.05) is 28.6 Å². The lowest BCUT2D eigenvalue weighted by Crippen LogP contribution is -2.12. The van der Waals surface area contributed by atoms with Gasteiger partial charge in [0.1, 0.15) is 10.7 Å². The summed E-state index contributed by atoms with van der Waals surface area (Å²) in [5.41, 5.74) is 3.09. The largest absolute Gasteiger partial charge is 0.359 e. The van der Waals surface area contributed by atoms with E-state index in [1.165, 1.54) is 17.5 Å². The van der Waals surface area contributed by atoms with E-state index in [9.17, 15) is 13.6 Å². The van der Waals surface area contributed by atoms with E-state index in [1.54, 1.807) is 5.38 Å². The molecule has 0 saturated heterocycles. The second kappa shape index (κ2) is 6.34. The Morgan fingerprint density at radius 1 is 1.19 bits per heavy atom. The van der Waals surface area contributed by atoms with Crippen LogP contribution in [0, 0.1) is 18.6 Å². The maximum Gasteiger partial charge on any atom is 0.275 e. The van der Waals surface area contributed by atoms with Gasteiger partial charge in [-0.15, -0.1) is 11.3 Å². The van der Waals surface area contributed by atoms with Gasteiger partial charge >= 0.3 is 0 Å². The molecule has 26 heavy (non-hydrogen) atoms. The van der Waals surface area contributed by atoms with Gasteiger partial charge < -0.3 is 10.3 Å². The Labute approximate surface area is 151 Å². The van der Waals surface area contributed by atoms with Crippen LogP contribution in [0.2, 0.25) is 0 Å². The fraction of sp³-hybridized carbons (Fsp3) is 0.0526. The minimum atomic E-state index is -0.969. The molecule has 7 heteroatoms. The van der Waals surface area contributed by atoms with Crippen LogP contribution in [0.25, 0.3) is 21.5 Å². The molecule has 2 aromatic carbocycles. The third-order valence-corrected chi connectivity index (χ3v) is 4.86. The molecule has 0 bridgehead atoms. The van der Waals surface area contributed by atoms with Gasteiger partial charge in [0.15, 0.2) is 11.6 Å². The van der Waals surface area contributed by atoms with Crippen molar-refractivity contribution < 1.29 is 13.6 Å². The van der Waals surface area contributed by atoms with Crippen molar-refractivity contribution in [1.29, 1.82) is 0 Å². The zero-order valence-electron chi connectivity index (χ0n) is 13.6. The number of rotatable bonds is 3. The van der Waals surface area contributed by atoms with Crippen molar-refractivity contribution in [2.24, 2.45) is 0 Å². The number of aromatic nitrogens is 2. The molecule has 0 atom stereocenters. The number of hydrogen-bond acceptors (Lipinski definition) is 3. The van der Waals surface area contributed by atoms with E-state index in [2.05, 4.69) is 15.3 Å². The second-order valence-electron chi connectivity index (χ2n) is 5.88. The molecule has 0 spiro atoms. The average molecular weight is 369 g/mol. The van der Waals surface area contributed by atoms with Crippen LogP contribution in [0.5, 0.6) is 0 Å². The molecule has 0 aliphatic rings. The summed E-state index contributed by atoms with van der Waals surface area (Å²) in [5.74, 6) is -2.33. The molecule has 4 nitrogen and oxygen atoms in total. The van der Waals surface area contributed by atoms with E-state index < -0.39 is 17.5 Å². The van der Waals surface area contributed by atoms with Crippen molar-refractivity contribution in [2.45, 2.75) is 6.92 Å². The average Bonchev–Trinajstić information content (AvgIpc) is 3.24. The van der Waals surface area contributed by atoms with E-state index in [-0.39, 0.29) is 5.69 Å². The monoisotopic (exact) mass is 369 g/mol. The first kappa shape index (κ1) is 16.4. The molecule has 0 radical (unpaired) electrons. The van der Waals surface area contributed by atoms with Gasteiger partial charge in [0.05, 0.1) is 11.2 Å².